The number of pyridine rings is 1. The summed E-state index contributed by atoms with van der Waals surface area (Å²) >= 11 is 0. The van der Waals surface area contributed by atoms with Gasteiger partial charge >= 0.3 is 0 Å². The second kappa shape index (κ2) is 7.15. The lowest BCUT2D eigenvalue weighted by Crippen LogP contribution is -2.39. The first-order valence-electron chi connectivity index (χ1n) is 7.65. The molecule has 120 valence electrons. The number of aliphatic hydroxyl groups excluding tert-OH is 1. The fourth-order valence-electron chi connectivity index (χ4n) is 2.73. The Hall–Kier alpha value is -2.54. The van der Waals surface area contributed by atoms with E-state index in [9.17, 15) is 4.79 Å². The average molecular weight is 313 g/mol. The van der Waals surface area contributed by atoms with E-state index in [4.69, 9.17) is 5.11 Å². The second-order valence-corrected chi connectivity index (χ2v) is 5.48. The number of amides is 1. The predicted octanol–water partition coefficient (Wildman–Crippen LogP) is 1.31. The quantitative estimate of drug-likeness (QED) is 0.884. The molecule has 0 radical (unpaired) electrons. The minimum Gasteiger partial charge on any atom is -0.387 e. The Kier molecular flexibility index (Phi) is 4.77. The Balaban J connectivity index is 1.65. The normalized spacial score (nSPS) is 15.4. The van der Waals surface area contributed by atoms with Gasteiger partial charge in [0.2, 0.25) is 5.91 Å². The van der Waals surface area contributed by atoms with Gasteiger partial charge in [-0.15, -0.1) is 0 Å². The monoisotopic (exact) mass is 313 g/mol. The van der Waals surface area contributed by atoms with Crippen molar-refractivity contribution in [2.75, 3.05) is 25.0 Å². The van der Waals surface area contributed by atoms with Crippen molar-refractivity contribution in [1.82, 2.24) is 19.9 Å². The van der Waals surface area contributed by atoms with E-state index in [-0.39, 0.29) is 11.8 Å². The number of anilines is 2. The molecular weight excluding hydrogens is 294 g/mol. The first-order chi connectivity index (χ1) is 11.3. The van der Waals surface area contributed by atoms with Gasteiger partial charge in [0.05, 0.1) is 11.9 Å². The van der Waals surface area contributed by atoms with Crippen LogP contribution in [0, 0.1) is 0 Å². The van der Waals surface area contributed by atoms with Crippen molar-refractivity contribution >= 4 is 17.5 Å². The molecule has 0 spiro atoms. The topological polar surface area (TPSA) is 91.2 Å². The molecule has 23 heavy (non-hydrogen) atoms. The van der Waals surface area contributed by atoms with Crippen LogP contribution in [0.2, 0.25) is 0 Å². The number of nitrogens with zero attached hydrogens (tertiary/aromatic N) is 4. The van der Waals surface area contributed by atoms with Crippen LogP contribution in [-0.2, 0) is 4.79 Å². The molecule has 2 N–H and O–H groups in total. The van der Waals surface area contributed by atoms with Crippen molar-refractivity contribution in [2.45, 2.75) is 18.8 Å². The fraction of sp³-hybridized carbons (Fsp3) is 0.375. The van der Waals surface area contributed by atoms with Crippen LogP contribution >= 0.6 is 0 Å². The van der Waals surface area contributed by atoms with Crippen molar-refractivity contribution in [3.8, 4) is 0 Å². The smallest absolute Gasteiger partial charge is 0.248 e. The Bertz CT molecular complexity index is 657. The lowest BCUT2D eigenvalue weighted by Gasteiger charge is -2.31. The molecule has 2 aromatic heterocycles. The number of nitrogens with one attached hydrogen (secondary N) is 1. The predicted molar refractivity (Wildman–Crippen MR) is 85.2 cm³/mol. The van der Waals surface area contributed by atoms with Crippen molar-refractivity contribution in [1.29, 1.82) is 0 Å². The third kappa shape index (κ3) is 3.81. The zero-order chi connectivity index (χ0) is 16.1. The molecule has 7 nitrogen and oxygen atoms in total. The van der Waals surface area contributed by atoms with Crippen LogP contribution in [0.4, 0.5) is 11.6 Å². The summed E-state index contributed by atoms with van der Waals surface area (Å²) in [5.41, 5.74) is 0.919. The van der Waals surface area contributed by atoms with Crippen LogP contribution < -0.4 is 5.32 Å². The molecule has 0 saturated carbocycles. The van der Waals surface area contributed by atoms with Gasteiger partial charge < -0.3 is 15.3 Å². The first-order valence-corrected chi connectivity index (χ1v) is 7.65. The lowest BCUT2D eigenvalue weighted by molar-refractivity contribution is -0.135. The molecule has 2 aromatic rings. The van der Waals surface area contributed by atoms with Crippen LogP contribution in [0.1, 0.15) is 24.5 Å². The van der Waals surface area contributed by atoms with Gasteiger partial charge in [-0.1, -0.05) is 6.07 Å². The number of aromatic nitrogens is 3. The second-order valence-electron chi connectivity index (χ2n) is 5.48. The number of rotatable bonds is 4. The molecule has 1 fully saturated rings. The molecule has 0 atom stereocenters. The Morgan fingerprint density at radius 2 is 2.09 bits per heavy atom. The minimum absolute atomic E-state index is 0.208. The largest absolute Gasteiger partial charge is 0.387 e. The highest BCUT2D eigenvalue weighted by Crippen LogP contribution is 2.27. The maximum atomic E-state index is 11.5. The Labute approximate surface area is 134 Å². The number of hydrogen-bond donors (Lipinski definition) is 2. The molecule has 0 unspecified atom stereocenters. The number of hydrogen-bond acceptors (Lipinski definition) is 6. The van der Waals surface area contributed by atoms with Gasteiger partial charge in [0, 0.05) is 31.4 Å². The van der Waals surface area contributed by atoms with E-state index >= 15 is 0 Å². The van der Waals surface area contributed by atoms with Gasteiger partial charge in [-0.25, -0.2) is 9.97 Å². The highest BCUT2D eigenvalue weighted by atomic mass is 16.3. The third-order valence-corrected chi connectivity index (χ3v) is 3.98. The van der Waals surface area contributed by atoms with Crippen molar-refractivity contribution in [3.05, 3.63) is 42.5 Å². The standard InChI is InChI=1S/C16H19N5O2/c22-11-16(23)21-7-4-12(5-8-21)13-9-17-10-15(19-13)20-14-3-1-2-6-18-14/h1-3,6,9-10,12,22H,4-5,7-8,11H2,(H,18,19,20). The highest BCUT2D eigenvalue weighted by molar-refractivity contribution is 5.77. The Morgan fingerprint density at radius 1 is 1.26 bits per heavy atom. The number of piperidine rings is 1. The lowest BCUT2D eigenvalue weighted by atomic mass is 9.94. The van der Waals surface area contributed by atoms with Crippen LogP contribution in [0.15, 0.2) is 36.8 Å². The van der Waals surface area contributed by atoms with Gasteiger partial charge in [0.15, 0.2) is 0 Å². The molecule has 1 aliphatic rings. The SMILES string of the molecule is O=C(CO)N1CCC(c2cncc(Nc3ccccn3)n2)CC1. The van der Waals surface area contributed by atoms with E-state index < -0.39 is 6.61 Å². The summed E-state index contributed by atoms with van der Waals surface area (Å²) in [5.74, 6) is 1.45. The number of likely N-dealkylation sites (tertiary alicyclic amines) is 1. The molecule has 7 heteroatoms. The molecule has 3 rings (SSSR count). The maximum absolute atomic E-state index is 11.5. The highest BCUT2D eigenvalue weighted by Gasteiger charge is 2.24. The molecule has 1 amide bonds. The summed E-state index contributed by atoms with van der Waals surface area (Å²) in [7, 11) is 0. The summed E-state index contributed by atoms with van der Waals surface area (Å²) in [4.78, 5) is 26.3. The van der Waals surface area contributed by atoms with Gasteiger partial charge in [-0.3, -0.25) is 9.78 Å². The first kappa shape index (κ1) is 15.4. The van der Waals surface area contributed by atoms with Crippen LogP contribution in [0.5, 0.6) is 0 Å². The van der Waals surface area contributed by atoms with E-state index in [1.54, 1.807) is 23.5 Å². The maximum Gasteiger partial charge on any atom is 0.248 e. The minimum atomic E-state index is -0.423. The number of carbonyl (C=O) groups is 1. The molecule has 3 heterocycles. The third-order valence-electron chi connectivity index (χ3n) is 3.98. The summed E-state index contributed by atoms with van der Waals surface area (Å²) < 4.78 is 0. The van der Waals surface area contributed by atoms with Crippen molar-refractivity contribution in [2.24, 2.45) is 0 Å². The van der Waals surface area contributed by atoms with E-state index in [2.05, 4.69) is 20.3 Å². The summed E-state index contributed by atoms with van der Waals surface area (Å²) in [6.07, 6.45) is 6.81. The van der Waals surface area contributed by atoms with E-state index in [0.29, 0.717) is 18.9 Å². The van der Waals surface area contributed by atoms with Gasteiger partial charge in [-0.05, 0) is 25.0 Å². The van der Waals surface area contributed by atoms with E-state index in [1.807, 2.05) is 18.2 Å². The summed E-state index contributed by atoms with van der Waals surface area (Å²) in [6, 6.07) is 5.63. The van der Waals surface area contributed by atoms with Crippen LogP contribution in [0.3, 0.4) is 0 Å². The number of aliphatic hydroxyl groups is 1. The van der Waals surface area contributed by atoms with Gasteiger partial charge in [0.25, 0.3) is 0 Å². The molecular formula is C16H19N5O2. The summed E-state index contributed by atoms with van der Waals surface area (Å²) in [5, 5.41) is 12.1. The van der Waals surface area contributed by atoms with E-state index in [0.717, 1.165) is 24.4 Å². The average Bonchev–Trinajstić information content (AvgIpc) is 2.62. The zero-order valence-corrected chi connectivity index (χ0v) is 12.7. The zero-order valence-electron chi connectivity index (χ0n) is 12.7. The molecule has 0 aliphatic carbocycles. The summed E-state index contributed by atoms with van der Waals surface area (Å²) in [6.45, 7) is 0.862. The molecule has 1 saturated heterocycles. The van der Waals surface area contributed by atoms with Gasteiger partial charge in [-0.2, -0.15) is 0 Å². The van der Waals surface area contributed by atoms with Gasteiger partial charge in [0.1, 0.15) is 18.2 Å². The Morgan fingerprint density at radius 3 is 2.78 bits per heavy atom. The van der Waals surface area contributed by atoms with E-state index in [1.165, 1.54) is 0 Å². The fourth-order valence-corrected chi connectivity index (χ4v) is 2.73. The van der Waals surface area contributed by atoms with Crippen molar-refractivity contribution < 1.29 is 9.90 Å². The molecule has 0 bridgehead atoms. The van der Waals surface area contributed by atoms with Crippen molar-refractivity contribution in [3.63, 3.8) is 0 Å². The molecule has 1 aliphatic heterocycles. The number of carbonyl (C=O) groups excluding carboxylic acids is 1. The van der Waals surface area contributed by atoms with Crippen LogP contribution in [0.25, 0.3) is 0 Å². The van der Waals surface area contributed by atoms with Crippen LogP contribution in [-0.4, -0.2) is 50.6 Å². The molecule has 0 aromatic carbocycles.